The van der Waals surface area contributed by atoms with Crippen molar-refractivity contribution in [2.75, 3.05) is 5.32 Å². The molecule has 2 rings (SSSR count). The first kappa shape index (κ1) is 15.8. The number of ether oxygens (including phenoxy) is 1. The number of hydrogen-bond donors (Lipinski definition) is 1. The Balaban J connectivity index is 2.00. The number of amides is 1. The van der Waals surface area contributed by atoms with Crippen LogP contribution in [0.25, 0.3) is 0 Å². The Labute approximate surface area is 130 Å². The number of nitrogens with one attached hydrogen (secondary N) is 1. The molecule has 0 aliphatic carbocycles. The molecule has 2 aromatic carbocycles. The minimum atomic E-state index is -0.663. The van der Waals surface area contributed by atoms with Crippen molar-refractivity contribution in [3.8, 4) is 5.75 Å². The third kappa shape index (κ3) is 4.19. The molecule has 1 unspecified atom stereocenters. The van der Waals surface area contributed by atoms with Crippen LogP contribution in [-0.2, 0) is 4.79 Å². The zero-order valence-electron chi connectivity index (χ0n) is 12.9. The van der Waals surface area contributed by atoms with Gasteiger partial charge in [-0.1, -0.05) is 29.8 Å². The zero-order chi connectivity index (χ0) is 16.1. The molecule has 114 valence electrons. The number of aryl methyl sites for hydroxylation is 1. The maximum Gasteiger partial charge on any atom is 0.265 e. The van der Waals surface area contributed by atoms with Crippen LogP contribution in [0.1, 0.15) is 29.8 Å². The average molecular weight is 297 g/mol. The number of rotatable bonds is 5. The van der Waals surface area contributed by atoms with E-state index >= 15 is 0 Å². The molecule has 0 saturated heterocycles. The fourth-order valence-corrected chi connectivity index (χ4v) is 1.93. The summed E-state index contributed by atoms with van der Waals surface area (Å²) >= 11 is 0. The first-order valence-corrected chi connectivity index (χ1v) is 7.11. The minimum absolute atomic E-state index is 0.0396. The van der Waals surface area contributed by atoms with Gasteiger partial charge in [-0.15, -0.1) is 0 Å². The van der Waals surface area contributed by atoms with E-state index in [-0.39, 0.29) is 11.7 Å². The molecule has 0 aliphatic heterocycles. The molecule has 0 aliphatic rings. The molecule has 4 nitrogen and oxygen atoms in total. The SMILES string of the molecule is CC(=O)c1cccc(OC(C)C(=O)Nc2ccc(C)cc2)c1. The van der Waals surface area contributed by atoms with Crippen molar-refractivity contribution < 1.29 is 14.3 Å². The molecule has 0 radical (unpaired) electrons. The summed E-state index contributed by atoms with van der Waals surface area (Å²) in [6, 6.07) is 14.4. The van der Waals surface area contributed by atoms with Gasteiger partial charge in [0.25, 0.3) is 5.91 Å². The van der Waals surface area contributed by atoms with E-state index in [4.69, 9.17) is 4.74 Å². The van der Waals surface area contributed by atoms with Gasteiger partial charge in [0, 0.05) is 11.3 Å². The fraction of sp³-hybridized carbons (Fsp3) is 0.222. The van der Waals surface area contributed by atoms with Gasteiger partial charge in [0.1, 0.15) is 5.75 Å². The highest BCUT2D eigenvalue weighted by molar-refractivity contribution is 5.95. The first-order valence-electron chi connectivity index (χ1n) is 7.11. The van der Waals surface area contributed by atoms with Gasteiger partial charge < -0.3 is 10.1 Å². The maximum atomic E-state index is 12.1. The molecule has 2 aromatic rings. The van der Waals surface area contributed by atoms with Crippen molar-refractivity contribution in [2.24, 2.45) is 0 Å². The van der Waals surface area contributed by atoms with E-state index in [0.717, 1.165) is 11.3 Å². The van der Waals surface area contributed by atoms with Gasteiger partial charge in [-0.05, 0) is 45.0 Å². The summed E-state index contributed by atoms with van der Waals surface area (Å²) in [4.78, 5) is 23.5. The second-order valence-corrected chi connectivity index (χ2v) is 5.20. The van der Waals surface area contributed by atoms with E-state index in [1.54, 1.807) is 31.2 Å². The van der Waals surface area contributed by atoms with Gasteiger partial charge in [0.15, 0.2) is 11.9 Å². The lowest BCUT2D eigenvalue weighted by molar-refractivity contribution is -0.122. The van der Waals surface area contributed by atoms with Crippen LogP contribution in [0.2, 0.25) is 0 Å². The molecule has 0 heterocycles. The molecule has 0 fully saturated rings. The number of carbonyl (C=O) groups is 2. The Bertz CT molecular complexity index is 677. The Morgan fingerprint density at radius 2 is 1.77 bits per heavy atom. The number of ketones is 1. The molecular weight excluding hydrogens is 278 g/mol. The Morgan fingerprint density at radius 1 is 1.09 bits per heavy atom. The van der Waals surface area contributed by atoms with Crippen LogP contribution in [0.15, 0.2) is 48.5 Å². The van der Waals surface area contributed by atoms with Gasteiger partial charge in [-0.3, -0.25) is 9.59 Å². The fourth-order valence-electron chi connectivity index (χ4n) is 1.93. The van der Waals surface area contributed by atoms with E-state index in [1.807, 2.05) is 31.2 Å². The summed E-state index contributed by atoms with van der Waals surface area (Å²) in [5.74, 6) is 0.221. The number of anilines is 1. The highest BCUT2D eigenvalue weighted by Gasteiger charge is 2.15. The quantitative estimate of drug-likeness (QED) is 0.858. The average Bonchev–Trinajstić information content (AvgIpc) is 2.49. The normalized spacial score (nSPS) is 11.6. The van der Waals surface area contributed by atoms with Crippen molar-refractivity contribution >= 4 is 17.4 Å². The van der Waals surface area contributed by atoms with Crippen LogP contribution < -0.4 is 10.1 Å². The van der Waals surface area contributed by atoms with Crippen LogP contribution in [-0.4, -0.2) is 17.8 Å². The van der Waals surface area contributed by atoms with E-state index < -0.39 is 6.10 Å². The highest BCUT2D eigenvalue weighted by Crippen LogP contribution is 2.16. The molecule has 0 spiro atoms. The molecule has 0 aromatic heterocycles. The van der Waals surface area contributed by atoms with Gasteiger partial charge in [0.2, 0.25) is 0 Å². The van der Waals surface area contributed by atoms with Gasteiger partial charge in [-0.2, -0.15) is 0 Å². The van der Waals surface area contributed by atoms with Crippen LogP contribution in [0.4, 0.5) is 5.69 Å². The third-order valence-electron chi connectivity index (χ3n) is 3.24. The van der Waals surface area contributed by atoms with E-state index in [9.17, 15) is 9.59 Å². The molecule has 4 heteroatoms. The molecule has 0 bridgehead atoms. The maximum absolute atomic E-state index is 12.1. The lowest BCUT2D eigenvalue weighted by Gasteiger charge is -2.15. The zero-order valence-corrected chi connectivity index (χ0v) is 12.9. The van der Waals surface area contributed by atoms with E-state index in [0.29, 0.717) is 11.3 Å². The topological polar surface area (TPSA) is 55.4 Å². The smallest absolute Gasteiger partial charge is 0.265 e. The molecule has 22 heavy (non-hydrogen) atoms. The third-order valence-corrected chi connectivity index (χ3v) is 3.24. The summed E-state index contributed by atoms with van der Waals surface area (Å²) < 4.78 is 5.60. The first-order chi connectivity index (χ1) is 10.5. The van der Waals surface area contributed by atoms with Gasteiger partial charge in [-0.25, -0.2) is 0 Å². The summed E-state index contributed by atoms with van der Waals surface area (Å²) in [5.41, 5.74) is 2.41. The molecular formula is C18H19NO3. The lowest BCUT2D eigenvalue weighted by Crippen LogP contribution is -2.30. The highest BCUT2D eigenvalue weighted by atomic mass is 16.5. The van der Waals surface area contributed by atoms with Crippen molar-refractivity contribution in [2.45, 2.75) is 26.9 Å². The Kier molecular flexibility index (Phi) is 4.94. The summed E-state index contributed by atoms with van der Waals surface area (Å²) in [7, 11) is 0. The standard InChI is InChI=1S/C18H19NO3/c1-12-7-9-16(10-8-12)19-18(21)14(3)22-17-6-4-5-15(11-17)13(2)20/h4-11,14H,1-3H3,(H,19,21). The lowest BCUT2D eigenvalue weighted by atomic mass is 10.1. The Hall–Kier alpha value is -2.62. The second-order valence-electron chi connectivity index (χ2n) is 5.20. The second kappa shape index (κ2) is 6.89. The van der Waals surface area contributed by atoms with Crippen LogP contribution in [0, 0.1) is 6.92 Å². The van der Waals surface area contributed by atoms with Crippen molar-refractivity contribution in [1.29, 1.82) is 0 Å². The van der Waals surface area contributed by atoms with Crippen molar-refractivity contribution in [3.63, 3.8) is 0 Å². The van der Waals surface area contributed by atoms with Crippen molar-refractivity contribution in [3.05, 3.63) is 59.7 Å². The molecule has 1 N–H and O–H groups in total. The number of hydrogen-bond acceptors (Lipinski definition) is 3. The van der Waals surface area contributed by atoms with Crippen LogP contribution in [0.5, 0.6) is 5.75 Å². The largest absolute Gasteiger partial charge is 0.481 e. The number of carbonyl (C=O) groups excluding carboxylic acids is 2. The predicted molar refractivity (Wildman–Crippen MR) is 86.3 cm³/mol. The van der Waals surface area contributed by atoms with Gasteiger partial charge >= 0.3 is 0 Å². The summed E-state index contributed by atoms with van der Waals surface area (Å²) in [5, 5.41) is 2.80. The van der Waals surface area contributed by atoms with Crippen molar-refractivity contribution in [1.82, 2.24) is 0 Å². The van der Waals surface area contributed by atoms with E-state index in [1.165, 1.54) is 6.92 Å². The summed E-state index contributed by atoms with van der Waals surface area (Å²) in [6.45, 7) is 5.15. The Morgan fingerprint density at radius 3 is 2.41 bits per heavy atom. The summed E-state index contributed by atoms with van der Waals surface area (Å²) in [6.07, 6.45) is -0.663. The van der Waals surface area contributed by atoms with Gasteiger partial charge in [0.05, 0.1) is 0 Å². The van der Waals surface area contributed by atoms with Crippen LogP contribution >= 0.6 is 0 Å². The predicted octanol–water partition coefficient (Wildman–Crippen LogP) is 3.60. The molecule has 1 atom stereocenters. The van der Waals surface area contributed by atoms with E-state index in [2.05, 4.69) is 5.32 Å². The van der Waals surface area contributed by atoms with Crippen LogP contribution in [0.3, 0.4) is 0 Å². The number of Topliss-reactive ketones (excluding diaryl/α,β-unsaturated/α-hetero) is 1. The monoisotopic (exact) mass is 297 g/mol. The molecule has 1 amide bonds. The minimum Gasteiger partial charge on any atom is -0.481 e. The number of benzene rings is 2. The molecule has 0 saturated carbocycles.